The summed E-state index contributed by atoms with van der Waals surface area (Å²) in [5.41, 5.74) is 6.96. The van der Waals surface area contributed by atoms with Crippen molar-refractivity contribution in [2.24, 2.45) is 5.84 Å². The van der Waals surface area contributed by atoms with Gasteiger partial charge in [0, 0.05) is 36.2 Å². The average Bonchev–Trinajstić information content (AvgIpc) is 2.99. The van der Waals surface area contributed by atoms with Gasteiger partial charge in [0.15, 0.2) is 4.96 Å². The maximum atomic E-state index is 5.78. The number of hydrazine groups is 1. The van der Waals surface area contributed by atoms with Crippen LogP contribution in [0.5, 0.6) is 0 Å². The first kappa shape index (κ1) is 12.1. The Morgan fingerprint density at radius 1 is 1.45 bits per heavy atom. The average molecular weight is 284 g/mol. The highest BCUT2D eigenvalue weighted by Crippen LogP contribution is 2.38. The topological polar surface area (TPSA) is 55.3 Å². The van der Waals surface area contributed by atoms with Crippen LogP contribution < -0.4 is 11.3 Å². The summed E-state index contributed by atoms with van der Waals surface area (Å²) < 4.78 is 2.07. The summed E-state index contributed by atoms with van der Waals surface area (Å²) in [5, 5.41) is 2.05. The van der Waals surface area contributed by atoms with Crippen molar-refractivity contribution in [2.45, 2.75) is 24.8 Å². The Balaban J connectivity index is 1.56. The molecule has 102 valence electrons. The van der Waals surface area contributed by atoms with Crippen LogP contribution >= 0.6 is 11.3 Å². The normalized spacial score (nSPS) is 18.8. The predicted molar refractivity (Wildman–Crippen MR) is 80.8 cm³/mol. The van der Waals surface area contributed by atoms with Crippen molar-refractivity contribution < 1.29 is 0 Å². The molecule has 0 bridgehead atoms. The van der Waals surface area contributed by atoms with Crippen LogP contribution in [-0.2, 0) is 12.8 Å². The number of benzene rings is 1. The summed E-state index contributed by atoms with van der Waals surface area (Å²) in [6.07, 6.45) is 6.11. The fraction of sp³-hybridized carbons (Fsp3) is 0.267. The van der Waals surface area contributed by atoms with Crippen LogP contribution in [0, 0.1) is 0 Å². The fourth-order valence-corrected chi connectivity index (χ4v) is 3.79. The van der Waals surface area contributed by atoms with E-state index in [1.165, 1.54) is 11.1 Å². The molecule has 0 amide bonds. The van der Waals surface area contributed by atoms with E-state index in [4.69, 9.17) is 5.84 Å². The molecular formula is C15H16N4S. The van der Waals surface area contributed by atoms with Crippen molar-refractivity contribution in [3.8, 4) is 0 Å². The van der Waals surface area contributed by atoms with E-state index in [-0.39, 0.29) is 6.04 Å². The van der Waals surface area contributed by atoms with Crippen molar-refractivity contribution in [1.29, 1.82) is 0 Å². The standard InChI is InChI=1S/C15H16N4S/c16-18-14(13-7-10-3-1-2-4-12(10)13)8-11-9-19-5-6-20-15(19)17-11/h1-6,9,13-14,18H,7-8,16H2. The number of nitrogens with zero attached hydrogens (tertiary/aromatic N) is 2. The summed E-state index contributed by atoms with van der Waals surface area (Å²) in [6.45, 7) is 0. The Kier molecular flexibility index (Phi) is 2.84. The molecule has 3 N–H and O–H groups in total. The summed E-state index contributed by atoms with van der Waals surface area (Å²) in [6, 6.07) is 8.86. The molecular weight excluding hydrogens is 268 g/mol. The highest BCUT2D eigenvalue weighted by atomic mass is 32.1. The van der Waals surface area contributed by atoms with Gasteiger partial charge in [-0.1, -0.05) is 24.3 Å². The minimum absolute atomic E-state index is 0.245. The quantitative estimate of drug-likeness (QED) is 0.570. The summed E-state index contributed by atoms with van der Waals surface area (Å²) in [4.78, 5) is 5.69. The van der Waals surface area contributed by atoms with E-state index in [9.17, 15) is 0 Å². The van der Waals surface area contributed by atoms with E-state index in [1.807, 2.05) is 11.6 Å². The van der Waals surface area contributed by atoms with E-state index < -0.39 is 0 Å². The largest absolute Gasteiger partial charge is 0.297 e. The number of thiazole rings is 1. The zero-order valence-corrected chi connectivity index (χ0v) is 11.8. The molecule has 1 aliphatic carbocycles. The van der Waals surface area contributed by atoms with Gasteiger partial charge in [-0.2, -0.15) is 0 Å². The second-order valence-corrected chi connectivity index (χ2v) is 6.18. The summed E-state index contributed by atoms with van der Waals surface area (Å²) in [5.74, 6) is 6.27. The predicted octanol–water partition coefficient (Wildman–Crippen LogP) is 2.11. The van der Waals surface area contributed by atoms with Gasteiger partial charge in [-0.3, -0.25) is 15.7 Å². The third kappa shape index (κ3) is 1.86. The van der Waals surface area contributed by atoms with Gasteiger partial charge in [0.25, 0.3) is 0 Å². The molecule has 3 aromatic rings. The number of imidazole rings is 1. The van der Waals surface area contributed by atoms with Gasteiger partial charge >= 0.3 is 0 Å². The Morgan fingerprint density at radius 2 is 2.35 bits per heavy atom. The zero-order chi connectivity index (χ0) is 13.5. The van der Waals surface area contributed by atoms with E-state index >= 15 is 0 Å². The molecule has 1 aliphatic rings. The number of aromatic nitrogens is 2. The van der Waals surface area contributed by atoms with Crippen molar-refractivity contribution in [3.05, 3.63) is 58.9 Å². The third-order valence-electron chi connectivity index (χ3n) is 4.17. The molecule has 1 aromatic carbocycles. The van der Waals surface area contributed by atoms with Gasteiger partial charge in [0.1, 0.15) is 0 Å². The van der Waals surface area contributed by atoms with Crippen LogP contribution in [0.4, 0.5) is 0 Å². The van der Waals surface area contributed by atoms with Crippen molar-refractivity contribution >= 4 is 16.3 Å². The molecule has 2 atom stereocenters. The minimum atomic E-state index is 0.245. The molecule has 0 spiro atoms. The molecule has 20 heavy (non-hydrogen) atoms. The monoisotopic (exact) mass is 284 g/mol. The minimum Gasteiger partial charge on any atom is -0.297 e. The first-order valence-corrected chi connectivity index (χ1v) is 7.68. The lowest BCUT2D eigenvalue weighted by Crippen LogP contribution is -2.45. The number of hydrogen-bond donors (Lipinski definition) is 2. The third-order valence-corrected chi connectivity index (χ3v) is 4.94. The second-order valence-electron chi connectivity index (χ2n) is 5.31. The molecule has 0 saturated carbocycles. The molecule has 0 aliphatic heterocycles. The Labute approximate surface area is 121 Å². The second kappa shape index (κ2) is 4.70. The summed E-state index contributed by atoms with van der Waals surface area (Å²) >= 11 is 1.66. The van der Waals surface area contributed by atoms with Crippen LogP contribution in [0.3, 0.4) is 0 Å². The lowest BCUT2D eigenvalue weighted by Gasteiger charge is -2.36. The van der Waals surface area contributed by atoms with Crippen LogP contribution in [0.25, 0.3) is 4.96 Å². The molecule has 2 aromatic heterocycles. The molecule has 5 heteroatoms. The summed E-state index contributed by atoms with van der Waals surface area (Å²) in [7, 11) is 0. The lowest BCUT2D eigenvalue weighted by molar-refractivity contribution is 0.402. The van der Waals surface area contributed by atoms with Gasteiger partial charge in [0.05, 0.1) is 5.69 Å². The molecule has 0 radical (unpaired) electrons. The van der Waals surface area contributed by atoms with Gasteiger partial charge in [-0.15, -0.1) is 11.3 Å². The van der Waals surface area contributed by atoms with Crippen molar-refractivity contribution in [2.75, 3.05) is 0 Å². The SMILES string of the molecule is NNC(Cc1cn2ccsc2n1)C1Cc2ccccc21. The van der Waals surface area contributed by atoms with Crippen molar-refractivity contribution in [1.82, 2.24) is 14.8 Å². The van der Waals surface area contributed by atoms with Crippen LogP contribution in [0.1, 0.15) is 22.7 Å². The highest BCUT2D eigenvalue weighted by Gasteiger charge is 2.32. The van der Waals surface area contributed by atoms with Crippen LogP contribution in [0.2, 0.25) is 0 Å². The molecule has 0 fully saturated rings. The Bertz CT molecular complexity index is 717. The first-order chi connectivity index (χ1) is 9.85. The van der Waals surface area contributed by atoms with Crippen LogP contribution in [-0.4, -0.2) is 15.4 Å². The molecule has 4 rings (SSSR count). The first-order valence-electron chi connectivity index (χ1n) is 6.80. The van der Waals surface area contributed by atoms with Crippen molar-refractivity contribution in [3.63, 3.8) is 0 Å². The number of nitrogens with two attached hydrogens (primary N) is 1. The van der Waals surface area contributed by atoms with E-state index in [1.54, 1.807) is 11.3 Å². The lowest BCUT2D eigenvalue weighted by atomic mass is 9.72. The number of rotatable bonds is 4. The van der Waals surface area contributed by atoms with Crippen LogP contribution in [0.15, 0.2) is 42.0 Å². The molecule has 4 nitrogen and oxygen atoms in total. The van der Waals surface area contributed by atoms with E-state index in [2.05, 4.69) is 45.3 Å². The van der Waals surface area contributed by atoms with E-state index in [0.29, 0.717) is 5.92 Å². The molecule has 2 heterocycles. The highest BCUT2D eigenvalue weighted by molar-refractivity contribution is 7.15. The van der Waals surface area contributed by atoms with Gasteiger partial charge in [0.2, 0.25) is 0 Å². The Hall–Kier alpha value is -1.69. The maximum Gasteiger partial charge on any atom is 0.193 e. The molecule has 0 saturated heterocycles. The Morgan fingerprint density at radius 3 is 3.15 bits per heavy atom. The zero-order valence-electron chi connectivity index (χ0n) is 11.0. The smallest absolute Gasteiger partial charge is 0.193 e. The fourth-order valence-electron chi connectivity index (χ4n) is 3.07. The number of nitrogens with one attached hydrogen (secondary N) is 1. The van der Waals surface area contributed by atoms with Gasteiger partial charge in [-0.25, -0.2) is 4.98 Å². The number of hydrogen-bond acceptors (Lipinski definition) is 4. The van der Waals surface area contributed by atoms with Gasteiger partial charge < -0.3 is 0 Å². The van der Waals surface area contributed by atoms with Gasteiger partial charge in [-0.05, 0) is 17.5 Å². The number of fused-ring (bicyclic) bond motifs is 2. The van der Waals surface area contributed by atoms with E-state index in [0.717, 1.165) is 23.5 Å². The molecule has 2 unspecified atom stereocenters. The maximum absolute atomic E-state index is 5.78.